The third-order valence-corrected chi connectivity index (χ3v) is 5.96. The van der Waals surface area contributed by atoms with Crippen LogP contribution in [0.15, 0.2) is 36.4 Å². The number of allylic oxidation sites excluding steroid dienone is 2. The minimum atomic E-state index is -1.07. The Hall–Kier alpha value is -3.16. The summed E-state index contributed by atoms with van der Waals surface area (Å²) in [7, 11) is 1.48. The van der Waals surface area contributed by atoms with Crippen LogP contribution in [0.25, 0.3) is 0 Å². The monoisotopic (exact) mass is 398 g/mol. The zero-order chi connectivity index (χ0) is 20.7. The molecule has 1 aromatic rings. The predicted molar refractivity (Wildman–Crippen MR) is 102 cm³/mol. The number of amides is 3. The van der Waals surface area contributed by atoms with Crippen LogP contribution in [0.5, 0.6) is 5.75 Å². The molecule has 0 unspecified atom stereocenters. The molecule has 1 saturated heterocycles. The van der Waals surface area contributed by atoms with Crippen molar-refractivity contribution >= 4 is 29.4 Å². The Balaban J connectivity index is 1.35. The van der Waals surface area contributed by atoms with Gasteiger partial charge in [0.1, 0.15) is 11.8 Å². The fraction of sp³-hybridized carbons (Fsp3) is 0.429. The van der Waals surface area contributed by atoms with Crippen LogP contribution in [-0.2, 0) is 23.9 Å². The van der Waals surface area contributed by atoms with Crippen LogP contribution < -0.4 is 10.1 Å². The second-order valence-electron chi connectivity index (χ2n) is 7.58. The van der Waals surface area contributed by atoms with E-state index in [4.69, 9.17) is 9.47 Å². The average Bonchev–Trinajstić information content (AvgIpc) is 3.40. The molecule has 1 aromatic carbocycles. The minimum Gasteiger partial charge on any atom is -0.495 e. The van der Waals surface area contributed by atoms with Crippen LogP contribution in [0.1, 0.15) is 13.3 Å². The number of hydrogen-bond donors (Lipinski definition) is 1. The maximum atomic E-state index is 12.8. The maximum absolute atomic E-state index is 12.8. The highest BCUT2D eigenvalue weighted by Gasteiger charge is 2.60. The molecule has 8 nitrogen and oxygen atoms in total. The Morgan fingerprint density at radius 2 is 1.76 bits per heavy atom. The van der Waals surface area contributed by atoms with Gasteiger partial charge < -0.3 is 14.8 Å². The van der Waals surface area contributed by atoms with Crippen molar-refractivity contribution in [3.05, 3.63) is 36.4 Å². The summed E-state index contributed by atoms with van der Waals surface area (Å²) < 4.78 is 10.2. The van der Waals surface area contributed by atoms with Gasteiger partial charge in [-0.15, -0.1) is 0 Å². The molecule has 0 aromatic heterocycles. The molecule has 3 amide bonds. The Kier molecular flexibility index (Phi) is 4.86. The molecule has 8 heteroatoms. The molecule has 1 N–H and O–H groups in total. The van der Waals surface area contributed by atoms with Gasteiger partial charge >= 0.3 is 5.97 Å². The van der Waals surface area contributed by atoms with Crippen molar-refractivity contribution in [2.24, 2.45) is 23.7 Å². The number of esters is 1. The van der Waals surface area contributed by atoms with E-state index in [1.54, 1.807) is 24.3 Å². The smallest absolute Gasteiger partial charge is 0.329 e. The van der Waals surface area contributed by atoms with Crippen molar-refractivity contribution < 1.29 is 28.7 Å². The number of nitrogens with zero attached hydrogens (tertiary/aromatic N) is 1. The lowest BCUT2D eigenvalue weighted by Crippen LogP contribution is -2.45. The number of anilines is 1. The van der Waals surface area contributed by atoms with Crippen molar-refractivity contribution in [1.82, 2.24) is 4.90 Å². The van der Waals surface area contributed by atoms with Gasteiger partial charge in [0.25, 0.3) is 5.91 Å². The third kappa shape index (κ3) is 3.18. The summed E-state index contributed by atoms with van der Waals surface area (Å²) in [6, 6.07) is 5.77. The van der Waals surface area contributed by atoms with Gasteiger partial charge in [-0.25, -0.2) is 4.79 Å². The minimum absolute atomic E-state index is 0.0706. The molecule has 0 radical (unpaired) electrons. The number of imide groups is 1. The first-order valence-electron chi connectivity index (χ1n) is 9.57. The Morgan fingerprint density at radius 3 is 2.38 bits per heavy atom. The molecule has 4 rings (SSSR count). The molecule has 1 heterocycles. The van der Waals surface area contributed by atoms with Crippen molar-refractivity contribution in [3.63, 3.8) is 0 Å². The Labute approximate surface area is 167 Å². The number of rotatable bonds is 6. The van der Waals surface area contributed by atoms with Crippen LogP contribution in [0.3, 0.4) is 0 Å². The zero-order valence-corrected chi connectivity index (χ0v) is 16.2. The van der Waals surface area contributed by atoms with Crippen molar-refractivity contribution in [1.29, 1.82) is 0 Å². The van der Waals surface area contributed by atoms with Gasteiger partial charge in [0.2, 0.25) is 11.8 Å². The topological polar surface area (TPSA) is 102 Å². The Morgan fingerprint density at radius 1 is 1.14 bits per heavy atom. The van der Waals surface area contributed by atoms with Crippen molar-refractivity contribution in [2.75, 3.05) is 19.0 Å². The van der Waals surface area contributed by atoms with Crippen molar-refractivity contribution in [2.45, 2.75) is 19.4 Å². The molecule has 3 aliphatic rings. The molecule has 0 spiro atoms. The number of hydrogen-bond acceptors (Lipinski definition) is 6. The van der Waals surface area contributed by atoms with E-state index in [0.717, 1.165) is 11.3 Å². The highest BCUT2D eigenvalue weighted by Crippen LogP contribution is 2.52. The fourth-order valence-corrected chi connectivity index (χ4v) is 4.60. The number of likely N-dealkylation sites (tertiary alicyclic amines) is 1. The van der Waals surface area contributed by atoms with Gasteiger partial charge in [-0.1, -0.05) is 24.3 Å². The molecule has 1 saturated carbocycles. The van der Waals surface area contributed by atoms with Crippen LogP contribution in [0.2, 0.25) is 0 Å². The quantitative estimate of drug-likeness (QED) is 0.441. The third-order valence-electron chi connectivity index (χ3n) is 5.96. The van der Waals surface area contributed by atoms with Gasteiger partial charge in [-0.3, -0.25) is 19.3 Å². The largest absolute Gasteiger partial charge is 0.495 e. The fourth-order valence-electron chi connectivity index (χ4n) is 4.60. The molecule has 29 heavy (non-hydrogen) atoms. The van der Waals surface area contributed by atoms with E-state index in [1.165, 1.54) is 14.0 Å². The first kappa shape index (κ1) is 19.2. The molecule has 152 valence electrons. The molecule has 2 fully saturated rings. The number of benzene rings is 1. The van der Waals surface area contributed by atoms with E-state index in [0.29, 0.717) is 11.4 Å². The summed E-state index contributed by atoms with van der Waals surface area (Å²) in [6.45, 7) is 0.920. The van der Waals surface area contributed by atoms with E-state index in [9.17, 15) is 19.2 Å². The molecular formula is C21H22N2O6. The van der Waals surface area contributed by atoms with Crippen LogP contribution in [0, 0.1) is 23.7 Å². The van der Waals surface area contributed by atoms with E-state index in [1.807, 2.05) is 12.2 Å². The van der Waals surface area contributed by atoms with Crippen LogP contribution in [0.4, 0.5) is 5.69 Å². The lowest BCUT2D eigenvalue weighted by atomic mass is 9.85. The van der Waals surface area contributed by atoms with Crippen LogP contribution in [-0.4, -0.2) is 48.3 Å². The summed E-state index contributed by atoms with van der Waals surface area (Å²) in [4.78, 5) is 51.0. The van der Waals surface area contributed by atoms with E-state index >= 15 is 0 Å². The zero-order valence-electron chi connectivity index (χ0n) is 16.2. The van der Waals surface area contributed by atoms with Gasteiger partial charge in [0, 0.05) is 0 Å². The lowest BCUT2D eigenvalue weighted by molar-refractivity contribution is -0.159. The normalized spacial score (nSPS) is 27.7. The highest BCUT2D eigenvalue weighted by molar-refractivity contribution is 6.09. The summed E-state index contributed by atoms with van der Waals surface area (Å²) in [5.41, 5.74) is 0.449. The molecule has 2 bridgehead atoms. The number of carbonyl (C=O) groups excluding carboxylic acids is 4. The van der Waals surface area contributed by atoms with Gasteiger partial charge in [-0.05, 0) is 37.3 Å². The van der Waals surface area contributed by atoms with Gasteiger partial charge in [-0.2, -0.15) is 0 Å². The molecule has 5 atom stereocenters. The summed E-state index contributed by atoms with van der Waals surface area (Å²) in [5, 5.41) is 2.60. The average molecular weight is 398 g/mol. The number of ether oxygens (including phenoxy) is 2. The molecular weight excluding hydrogens is 376 g/mol. The Bertz CT molecular complexity index is 880. The van der Waals surface area contributed by atoms with E-state index in [2.05, 4.69) is 5.32 Å². The number of nitrogens with one attached hydrogen (secondary N) is 1. The number of para-hydroxylation sites is 2. The van der Waals surface area contributed by atoms with Gasteiger partial charge in [0.15, 0.2) is 6.61 Å². The first-order valence-corrected chi connectivity index (χ1v) is 9.57. The van der Waals surface area contributed by atoms with Crippen LogP contribution >= 0.6 is 0 Å². The van der Waals surface area contributed by atoms with E-state index < -0.39 is 24.5 Å². The first-order chi connectivity index (χ1) is 13.9. The van der Waals surface area contributed by atoms with Crippen molar-refractivity contribution in [3.8, 4) is 5.75 Å². The van der Waals surface area contributed by atoms with Gasteiger partial charge in [0.05, 0.1) is 24.6 Å². The SMILES string of the molecule is COc1ccccc1NC(=O)COC(=O)[C@@H](C)N1C(=O)[C@@H]2[C@H](C1=O)[C@H]1C=C[C@H]2C1. The van der Waals surface area contributed by atoms with E-state index in [-0.39, 0.29) is 35.5 Å². The second kappa shape index (κ2) is 7.35. The summed E-state index contributed by atoms with van der Waals surface area (Å²) >= 11 is 0. The molecule has 2 aliphatic carbocycles. The predicted octanol–water partition coefficient (Wildman–Crippen LogP) is 1.37. The standard InChI is InChI=1S/C21H22N2O6/c1-11(23-19(25)17-12-7-8-13(9-12)18(17)20(23)26)21(27)29-10-16(24)22-14-5-3-4-6-15(14)28-2/h3-8,11-13,17-18H,9-10H2,1-2H3,(H,22,24)/t11-,12+,13+,17-,18+/m1/s1. The summed E-state index contributed by atoms with van der Waals surface area (Å²) in [6.07, 6.45) is 4.81. The molecule has 1 aliphatic heterocycles. The lowest BCUT2D eigenvalue weighted by Gasteiger charge is -2.23. The summed E-state index contributed by atoms with van der Waals surface area (Å²) in [5.74, 6) is -2.11. The highest BCUT2D eigenvalue weighted by atomic mass is 16.5. The second-order valence-corrected chi connectivity index (χ2v) is 7.58. The maximum Gasteiger partial charge on any atom is 0.329 e. The number of carbonyl (C=O) groups is 4. The number of methoxy groups -OCH3 is 1. The number of fused-ring (bicyclic) bond motifs is 5.